The fraction of sp³-hybridized carbons (Fsp3) is 0.333. The van der Waals surface area contributed by atoms with Gasteiger partial charge in [-0.05, 0) is 48.2 Å². The lowest BCUT2D eigenvalue weighted by atomic mass is 9.88. The highest BCUT2D eigenvalue weighted by Crippen LogP contribution is 2.30. The molecule has 2 aromatic carbocycles. The Morgan fingerprint density at radius 1 is 1.06 bits per heavy atom. The number of anilines is 1. The minimum absolute atomic E-state index is 0.0152. The standard InChI is InChI=1S/C27H28F3N3O3/c28-19-5-1-17(2-6-19)24(18-3-7-20(29)8-4-18)11-27(35)33-26-14-31-13-25(30)23(26)10-9-22-12-32-21(15-34)16-36-22/h1-8,13-14,21-22,24,32,34H,9-12,15-16H2,(H,33,35)/t21-,22-/m1/s1. The van der Waals surface area contributed by atoms with Crippen LogP contribution in [-0.4, -0.2) is 47.9 Å². The number of amides is 1. The number of benzene rings is 2. The molecular formula is C27H28F3N3O3. The SMILES string of the molecule is O=C(CC(c1ccc(F)cc1)c1ccc(F)cc1)Nc1cncc(F)c1CC[C@@H]1CN[C@H](CO)CO1. The highest BCUT2D eigenvalue weighted by atomic mass is 19.1. The molecule has 1 aliphatic rings. The Balaban J connectivity index is 1.47. The zero-order chi connectivity index (χ0) is 25.5. The number of nitrogens with zero attached hydrogens (tertiary/aromatic N) is 1. The number of carbonyl (C=O) groups is 1. The second kappa shape index (κ2) is 12.1. The van der Waals surface area contributed by atoms with E-state index in [9.17, 15) is 23.1 Å². The molecule has 1 aromatic heterocycles. The maximum absolute atomic E-state index is 14.7. The fourth-order valence-corrected chi connectivity index (χ4v) is 4.30. The zero-order valence-corrected chi connectivity index (χ0v) is 19.6. The van der Waals surface area contributed by atoms with E-state index in [1.54, 1.807) is 24.3 Å². The molecule has 1 amide bonds. The lowest BCUT2D eigenvalue weighted by molar-refractivity contribution is -0.116. The van der Waals surface area contributed by atoms with Crippen LogP contribution in [0.1, 0.15) is 35.4 Å². The van der Waals surface area contributed by atoms with E-state index in [4.69, 9.17) is 4.74 Å². The molecule has 0 spiro atoms. The van der Waals surface area contributed by atoms with E-state index in [1.165, 1.54) is 30.5 Å². The van der Waals surface area contributed by atoms with Crippen molar-refractivity contribution in [3.8, 4) is 0 Å². The molecule has 4 rings (SSSR count). The lowest BCUT2D eigenvalue weighted by Gasteiger charge is -2.29. The van der Waals surface area contributed by atoms with Crippen LogP contribution in [0.2, 0.25) is 0 Å². The van der Waals surface area contributed by atoms with E-state index in [-0.39, 0.29) is 36.8 Å². The third-order valence-corrected chi connectivity index (χ3v) is 6.32. The highest BCUT2D eigenvalue weighted by molar-refractivity contribution is 5.92. The number of halogens is 3. The predicted octanol–water partition coefficient (Wildman–Crippen LogP) is 3.94. The average Bonchev–Trinajstić information content (AvgIpc) is 2.88. The van der Waals surface area contributed by atoms with Gasteiger partial charge in [-0.3, -0.25) is 9.78 Å². The predicted molar refractivity (Wildman–Crippen MR) is 129 cm³/mol. The monoisotopic (exact) mass is 499 g/mol. The molecule has 0 bridgehead atoms. The summed E-state index contributed by atoms with van der Waals surface area (Å²) < 4.78 is 47.4. The largest absolute Gasteiger partial charge is 0.395 e. The summed E-state index contributed by atoms with van der Waals surface area (Å²) in [4.78, 5) is 17.0. The molecule has 9 heteroatoms. The van der Waals surface area contributed by atoms with Gasteiger partial charge in [0.05, 0.1) is 43.4 Å². The molecule has 0 aliphatic carbocycles. The number of hydrogen-bond acceptors (Lipinski definition) is 5. The molecule has 0 saturated carbocycles. The smallest absolute Gasteiger partial charge is 0.225 e. The van der Waals surface area contributed by atoms with Crippen molar-refractivity contribution in [1.82, 2.24) is 10.3 Å². The summed E-state index contributed by atoms with van der Waals surface area (Å²) in [5.41, 5.74) is 1.98. The van der Waals surface area contributed by atoms with E-state index < -0.39 is 23.4 Å². The highest BCUT2D eigenvalue weighted by Gasteiger charge is 2.23. The van der Waals surface area contributed by atoms with Crippen LogP contribution >= 0.6 is 0 Å². The molecule has 3 aromatic rings. The average molecular weight is 500 g/mol. The minimum Gasteiger partial charge on any atom is -0.395 e. The van der Waals surface area contributed by atoms with Gasteiger partial charge in [0.2, 0.25) is 5.91 Å². The number of aliphatic hydroxyl groups is 1. The summed E-state index contributed by atoms with van der Waals surface area (Å²) in [7, 11) is 0. The van der Waals surface area contributed by atoms with Gasteiger partial charge in [0.1, 0.15) is 17.5 Å². The van der Waals surface area contributed by atoms with Gasteiger partial charge in [-0.1, -0.05) is 24.3 Å². The normalized spacial score (nSPS) is 17.8. The van der Waals surface area contributed by atoms with E-state index >= 15 is 0 Å². The van der Waals surface area contributed by atoms with Crippen LogP contribution in [0.3, 0.4) is 0 Å². The molecule has 6 nitrogen and oxygen atoms in total. The van der Waals surface area contributed by atoms with Gasteiger partial charge in [0, 0.05) is 24.4 Å². The maximum atomic E-state index is 14.7. The third kappa shape index (κ3) is 6.69. The van der Waals surface area contributed by atoms with Crippen molar-refractivity contribution in [1.29, 1.82) is 0 Å². The Labute approximate surface area is 207 Å². The summed E-state index contributed by atoms with van der Waals surface area (Å²) in [5, 5.41) is 15.1. The Bertz CT molecular complexity index is 1110. The Morgan fingerprint density at radius 3 is 2.25 bits per heavy atom. The van der Waals surface area contributed by atoms with Crippen molar-refractivity contribution in [3.05, 3.63) is 95.1 Å². The Morgan fingerprint density at radius 2 is 1.69 bits per heavy atom. The van der Waals surface area contributed by atoms with E-state index in [2.05, 4.69) is 15.6 Å². The lowest BCUT2D eigenvalue weighted by Crippen LogP contribution is -2.48. The van der Waals surface area contributed by atoms with Gasteiger partial charge in [-0.15, -0.1) is 0 Å². The first-order valence-corrected chi connectivity index (χ1v) is 11.8. The first-order chi connectivity index (χ1) is 17.4. The molecule has 0 radical (unpaired) electrons. The summed E-state index contributed by atoms with van der Waals surface area (Å²) in [6, 6.07) is 11.5. The number of rotatable bonds is 9. The molecule has 2 atom stereocenters. The molecule has 1 saturated heterocycles. The van der Waals surface area contributed by atoms with Crippen molar-refractivity contribution in [2.24, 2.45) is 0 Å². The van der Waals surface area contributed by atoms with Crippen LogP contribution in [0, 0.1) is 17.5 Å². The van der Waals surface area contributed by atoms with Gasteiger partial charge < -0.3 is 20.5 Å². The molecule has 0 unspecified atom stereocenters. The second-order valence-electron chi connectivity index (χ2n) is 8.84. The molecule has 1 aliphatic heterocycles. The first kappa shape index (κ1) is 25.8. The number of nitrogens with one attached hydrogen (secondary N) is 2. The maximum Gasteiger partial charge on any atom is 0.225 e. The summed E-state index contributed by atoms with van der Waals surface area (Å²) in [5.74, 6) is -2.18. The molecule has 3 N–H and O–H groups in total. The van der Waals surface area contributed by atoms with Crippen LogP contribution in [0.4, 0.5) is 18.9 Å². The number of hydrogen-bond donors (Lipinski definition) is 3. The molecule has 36 heavy (non-hydrogen) atoms. The van der Waals surface area contributed by atoms with Crippen LogP contribution in [0.5, 0.6) is 0 Å². The number of ether oxygens (including phenoxy) is 1. The van der Waals surface area contributed by atoms with E-state index in [0.29, 0.717) is 42.7 Å². The van der Waals surface area contributed by atoms with Gasteiger partial charge in [0.25, 0.3) is 0 Å². The number of morpholine rings is 1. The van der Waals surface area contributed by atoms with Crippen molar-refractivity contribution < 1.29 is 27.8 Å². The quantitative estimate of drug-likeness (QED) is 0.416. The van der Waals surface area contributed by atoms with Gasteiger partial charge in [-0.25, -0.2) is 13.2 Å². The zero-order valence-electron chi connectivity index (χ0n) is 19.6. The minimum atomic E-state index is -0.529. The number of pyridine rings is 1. The summed E-state index contributed by atoms with van der Waals surface area (Å²) in [6.07, 6.45) is 3.17. The van der Waals surface area contributed by atoms with Gasteiger partial charge in [-0.2, -0.15) is 0 Å². The van der Waals surface area contributed by atoms with Gasteiger partial charge >= 0.3 is 0 Å². The number of aliphatic hydroxyl groups excluding tert-OH is 1. The van der Waals surface area contributed by atoms with E-state index in [1.807, 2.05) is 0 Å². The number of aromatic nitrogens is 1. The fourth-order valence-electron chi connectivity index (χ4n) is 4.30. The van der Waals surface area contributed by atoms with Crippen LogP contribution in [0.15, 0.2) is 60.9 Å². The van der Waals surface area contributed by atoms with Crippen LogP contribution < -0.4 is 10.6 Å². The van der Waals surface area contributed by atoms with Crippen LogP contribution in [0.25, 0.3) is 0 Å². The topological polar surface area (TPSA) is 83.5 Å². The molecule has 190 valence electrons. The first-order valence-electron chi connectivity index (χ1n) is 11.8. The third-order valence-electron chi connectivity index (χ3n) is 6.32. The van der Waals surface area contributed by atoms with E-state index in [0.717, 1.165) is 6.20 Å². The number of carbonyl (C=O) groups excluding carboxylic acids is 1. The van der Waals surface area contributed by atoms with Crippen molar-refractivity contribution in [3.63, 3.8) is 0 Å². The summed E-state index contributed by atoms with van der Waals surface area (Å²) in [6.45, 7) is 0.896. The van der Waals surface area contributed by atoms with Gasteiger partial charge in [0.15, 0.2) is 0 Å². The Kier molecular flexibility index (Phi) is 8.69. The Hall–Kier alpha value is -3.27. The van der Waals surface area contributed by atoms with Crippen LogP contribution in [-0.2, 0) is 16.0 Å². The molecule has 2 heterocycles. The summed E-state index contributed by atoms with van der Waals surface area (Å²) >= 11 is 0. The molecular weight excluding hydrogens is 471 g/mol. The molecule has 1 fully saturated rings. The van der Waals surface area contributed by atoms with Crippen molar-refractivity contribution >= 4 is 11.6 Å². The van der Waals surface area contributed by atoms with Crippen molar-refractivity contribution in [2.75, 3.05) is 25.1 Å². The second-order valence-corrected chi connectivity index (χ2v) is 8.84. The van der Waals surface area contributed by atoms with Crippen molar-refractivity contribution in [2.45, 2.75) is 37.3 Å².